The number of carbonyl (C=O) groups is 1. The highest BCUT2D eigenvalue weighted by molar-refractivity contribution is 5.96. The second-order valence-electron chi connectivity index (χ2n) is 3.03. The number of fused-ring (bicyclic) bond motifs is 1. The standard InChI is InChI=1S/C9H10N2O/c1-6(12)8-4-2-3-7-5-10-11-9(7)8/h2-5,7,9,11H,1H3. The highest BCUT2D eigenvalue weighted by Gasteiger charge is 2.29. The second kappa shape index (κ2) is 2.59. The van der Waals surface area contributed by atoms with Gasteiger partial charge in [0.1, 0.15) is 0 Å². The normalized spacial score (nSPS) is 30.9. The van der Waals surface area contributed by atoms with Crippen LogP contribution in [0.2, 0.25) is 0 Å². The van der Waals surface area contributed by atoms with E-state index in [-0.39, 0.29) is 17.7 Å². The first-order valence-corrected chi connectivity index (χ1v) is 3.97. The molecule has 2 aliphatic rings. The molecule has 0 aromatic heterocycles. The van der Waals surface area contributed by atoms with Crippen LogP contribution in [0.4, 0.5) is 0 Å². The molecule has 0 spiro atoms. The lowest BCUT2D eigenvalue weighted by Crippen LogP contribution is -2.32. The Bertz CT molecular complexity index is 302. The molecule has 0 amide bonds. The SMILES string of the molecule is CC(=O)C1=CC=CC2C=NNC12. The molecule has 62 valence electrons. The molecule has 1 aliphatic heterocycles. The summed E-state index contributed by atoms with van der Waals surface area (Å²) in [6, 6.07) is 0.0764. The number of carbonyl (C=O) groups excluding carboxylic acids is 1. The average Bonchev–Trinajstić information content (AvgIpc) is 2.49. The Morgan fingerprint density at radius 2 is 2.50 bits per heavy atom. The molecule has 1 heterocycles. The van der Waals surface area contributed by atoms with Crippen molar-refractivity contribution in [3.63, 3.8) is 0 Å². The first-order chi connectivity index (χ1) is 5.79. The maximum absolute atomic E-state index is 11.1. The van der Waals surface area contributed by atoms with Gasteiger partial charge in [-0.2, -0.15) is 5.10 Å². The smallest absolute Gasteiger partial charge is 0.157 e. The van der Waals surface area contributed by atoms with Crippen LogP contribution >= 0.6 is 0 Å². The van der Waals surface area contributed by atoms with E-state index in [9.17, 15) is 4.79 Å². The first kappa shape index (κ1) is 7.28. The van der Waals surface area contributed by atoms with Gasteiger partial charge in [-0.25, -0.2) is 0 Å². The Kier molecular flexibility index (Phi) is 1.57. The van der Waals surface area contributed by atoms with E-state index in [1.807, 2.05) is 24.4 Å². The van der Waals surface area contributed by atoms with Gasteiger partial charge >= 0.3 is 0 Å². The van der Waals surface area contributed by atoms with E-state index in [1.165, 1.54) is 0 Å². The number of nitrogens with zero attached hydrogens (tertiary/aromatic N) is 1. The van der Waals surface area contributed by atoms with Crippen LogP contribution < -0.4 is 5.43 Å². The molecule has 0 radical (unpaired) electrons. The summed E-state index contributed by atoms with van der Waals surface area (Å²) in [5.74, 6) is 0.376. The van der Waals surface area contributed by atoms with Crippen molar-refractivity contribution in [2.24, 2.45) is 11.0 Å². The highest BCUT2D eigenvalue weighted by Crippen LogP contribution is 2.21. The summed E-state index contributed by atoms with van der Waals surface area (Å²) in [6.07, 6.45) is 7.64. The minimum Gasteiger partial charge on any atom is -0.302 e. The molecule has 3 heteroatoms. The summed E-state index contributed by atoms with van der Waals surface area (Å²) in [5.41, 5.74) is 3.74. The maximum atomic E-state index is 11.1. The van der Waals surface area contributed by atoms with Crippen LogP contribution in [0, 0.1) is 5.92 Å². The van der Waals surface area contributed by atoms with Crippen LogP contribution in [0.5, 0.6) is 0 Å². The molecule has 0 saturated carbocycles. The van der Waals surface area contributed by atoms with E-state index in [0.717, 1.165) is 5.57 Å². The largest absolute Gasteiger partial charge is 0.302 e. The van der Waals surface area contributed by atoms with Gasteiger partial charge in [-0.15, -0.1) is 0 Å². The minimum atomic E-state index is 0.0764. The first-order valence-electron chi connectivity index (χ1n) is 3.97. The van der Waals surface area contributed by atoms with Gasteiger partial charge in [0.25, 0.3) is 0 Å². The minimum absolute atomic E-state index is 0.0764. The van der Waals surface area contributed by atoms with Crippen molar-refractivity contribution in [1.82, 2.24) is 5.43 Å². The number of Topliss-reactive ketones (excluding diaryl/α,β-unsaturated/α-hetero) is 1. The van der Waals surface area contributed by atoms with Gasteiger partial charge in [0, 0.05) is 17.7 Å². The Balaban J connectivity index is 2.30. The van der Waals surface area contributed by atoms with Crippen LogP contribution in [0.25, 0.3) is 0 Å². The summed E-state index contributed by atoms with van der Waals surface area (Å²) in [5, 5.41) is 3.94. The lowest BCUT2D eigenvalue weighted by molar-refractivity contribution is -0.114. The molecule has 0 fully saturated rings. The molecule has 1 aliphatic carbocycles. The predicted molar refractivity (Wildman–Crippen MR) is 46.8 cm³/mol. The van der Waals surface area contributed by atoms with Crippen LogP contribution in [0.15, 0.2) is 28.9 Å². The van der Waals surface area contributed by atoms with Gasteiger partial charge in [0.15, 0.2) is 5.78 Å². The van der Waals surface area contributed by atoms with Gasteiger partial charge < -0.3 is 5.43 Å². The van der Waals surface area contributed by atoms with Crippen molar-refractivity contribution >= 4 is 12.0 Å². The van der Waals surface area contributed by atoms with E-state index in [4.69, 9.17) is 0 Å². The van der Waals surface area contributed by atoms with E-state index >= 15 is 0 Å². The summed E-state index contributed by atoms with van der Waals surface area (Å²) in [6.45, 7) is 1.59. The molecule has 2 atom stereocenters. The second-order valence-corrected chi connectivity index (χ2v) is 3.03. The Morgan fingerprint density at radius 1 is 1.67 bits per heavy atom. The molecule has 0 saturated heterocycles. The van der Waals surface area contributed by atoms with Crippen LogP contribution in [0.1, 0.15) is 6.92 Å². The van der Waals surface area contributed by atoms with Crippen LogP contribution in [-0.4, -0.2) is 18.0 Å². The summed E-state index contributed by atoms with van der Waals surface area (Å²) < 4.78 is 0. The lowest BCUT2D eigenvalue weighted by atomic mass is 9.89. The van der Waals surface area contributed by atoms with E-state index in [1.54, 1.807) is 6.92 Å². The molecule has 1 N–H and O–H groups in total. The lowest BCUT2D eigenvalue weighted by Gasteiger charge is -2.19. The van der Waals surface area contributed by atoms with E-state index < -0.39 is 0 Å². The summed E-state index contributed by atoms with van der Waals surface area (Å²) in [4.78, 5) is 11.1. The van der Waals surface area contributed by atoms with Crippen molar-refractivity contribution in [3.8, 4) is 0 Å². The van der Waals surface area contributed by atoms with Gasteiger partial charge in [-0.1, -0.05) is 18.2 Å². The topological polar surface area (TPSA) is 41.5 Å². The maximum Gasteiger partial charge on any atom is 0.157 e. The monoisotopic (exact) mass is 162 g/mol. The molecule has 0 aromatic carbocycles. The van der Waals surface area contributed by atoms with Crippen molar-refractivity contribution in [1.29, 1.82) is 0 Å². The summed E-state index contributed by atoms with van der Waals surface area (Å²) in [7, 11) is 0. The molecule has 0 aromatic rings. The third-order valence-corrected chi connectivity index (χ3v) is 2.20. The van der Waals surface area contributed by atoms with E-state index in [2.05, 4.69) is 10.5 Å². The number of hydrogen-bond acceptors (Lipinski definition) is 3. The highest BCUT2D eigenvalue weighted by atomic mass is 16.1. The van der Waals surface area contributed by atoms with Gasteiger partial charge in [-0.3, -0.25) is 4.79 Å². The summed E-state index contributed by atoms with van der Waals surface area (Å²) >= 11 is 0. The number of allylic oxidation sites excluding steroid dienone is 2. The Labute approximate surface area is 70.8 Å². The number of ketones is 1. The van der Waals surface area contributed by atoms with Crippen molar-refractivity contribution in [3.05, 3.63) is 23.8 Å². The zero-order valence-electron chi connectivity index (χ0n) is 6.82. The van der Waals surface area contributed by atoms with Crippen molar-refractivity contribution < 1.29 is 4.79 Å². The quantitative estimate of drug-likeness (QED) is 0.615. The fraction of sp³-hybridized carbons (Fsp3) is 0.333. The van der Waals surface area contributed by atoms with Crippen molar-refractivity contribution in [2.45, 2.75) is 13.0 Å². The number of rotatable bonds is 1. The van der Waals surface area contributed by atoms with Gasteiger partial charge in [-0.05, 0) is 6.92 Å². The zero-order chi connectivity index (χ0) is 8.55. The number of nitrogens with one attached hydrogen (secondary N) is 1. The molecule has 2 rings (SSSR count). The molecule has 3 nitrogen and oxygen atoms in total. The predicted octanol–water partition coefficient (Wildman–Crippen LogP) is 0.645. The molecule has 0 bridgehead atoms. The fourth-order valence-corrected chi connectivity index (χ4v) is 1.55. The number of hydrazone groups is 1. The van der Waals surface area contributed by atoms with Crippen molar-refractivity contribution in [2.75, 3.05) is 0 Å². The molecule has 12 heavy (non-hydrogen) atoms. The van der Waals surface area contributed by atoms with Crippen LogP contribution in [0.3, 0.4) is 0 Å². The zero-order valence-corrected chi connectivity index (χ0v) is 6.82. The Hall–Kier alpha value is -1.38. The molecular weight excluding hydrogens is 152 g/mol. The van der Waals surface area contributed by atoms with E-state index in [0.29, 0.717) is 0 Å². The third-order valence-electron chi connectivity index (χ3n) is 2.20. The third kappa shape index (κ3) is 0.978. The number of hydrogen-bond donors (Lipinski definition) is 1. The van der Waals surface area contributed by atoms with Crippen LogP contribution in [-0.2, 0) is 4.79 Å². The van der Waals surface area contributed by atoms with Gasteiger partial charge in [0.05, 0.1) is 6.04 Å². The fourth-order valence-electron chi connectivity index (χ4n) is 1.55. The van der Waals surface area contributed by atoms with Gasteiger partial charge in [0.2, 0.25) is 0 Å². The molecular formula is C9H10N2O. The Morgan fingerprint density at radius 3 is 3.25 bits per heavy atom. The molecule has 2 unspecified atom stereocenters. The average molecular weight is 162 g/mol.